The van der Waals surface area contributed by atoms with E-state index in [0.717, 1.165) is 27.8 Å². The zero-order chi connectivity index (χ0) is 20.3. The van der Waals surface area contributed by atoms with Crippen molar-refractivity contribution in [2.45, 2.75) is 37.8 Å². The van der Waals surface area contributed by atoms with Crippen LogP contribution in [-0.4, -0.2) is 8.42 Å². The monoisotopic (exact) mass is 394 g/mol. The van der Waals surface area contributed by atoms with Crippen molar-refractivity contribution >= 4 is 10.0 Å². The molecule has 4 nitrogen and oxygen atoms in total. The highest BCUT2D eigenvalue weighted by atomic mass is 32.2. The van der Waals surface area contributed by atoms with Crippen molar-refractivity contribution in [3.05, 3.63) is 101 Å². The second-order valence-electron chi connectivity index (χ2n) is 7.17. The molecule has 0 spiro atoms. The summed E-state index contributed by atoms with van der Waals surface area (Å²) in [7, 11) is -3.77. The number of hydrogen-bond donors (Lipinski definition) is 2. The first kappa shape index (κ1) is 20.3. The third-order valence-electron chi connectivity index (χ3n) is 4.86. The zero-order valence-corrected chi connectivity index (χ0v) is 17.2. The Morgan fingerprint density at radius 3 is 1.75 bits per heavy atom. The summed E-state index contributed by atoms with van der Waals surface area (Å²) < 4.78 is 29.5. The van der Waals surface area contributed by atoms with Crippen LogP contribution >= 0.6 is 0 Å². The van der Waals surface area contributed by atoms with Crippen molar-refractivity contribution in [1.82, 2.24) is 4.72 Å². The van der Waals surface area contributed by atoms with Crippen LogP contribution in [0.2, 0.25) is 0 Å². The Bertz CT molecular complexity index is 1030. The smallest absolute Gasteiger partial charge is 0.241 e. The van der Waals surface area contributed by atoms with Gasteiger partial charge >= 0.3 is 0 Å². The zero-order valence-electron chi connectivity index (χ0n) is 16.4. The molecule has 5 heteroatoms. The quantitative estimate of drug-likeness (QED) is 0.653. The lowest BCUT2D eigenvalue weighted by molar-refractivity contribution is 0.503. The molecule has 0 aliphatic rings. The maximum absolute atomic E-state index is 13.3. The molecule has 0 amide bonds. The summed E-state index contributed by atoms with van der Waals surface area (Å²) >= 11 is 0. The molecule has 0 radical (unpaired) electrons. The molecule has 0 aliphatic heterocycles. The van der Waals surface area contributed by atoms with Gasteiger partial charge in [-0.3, -0.25) is 0 Å². The van der Waals surface area contributed by atoms with Gasteiger partial charge in [-0.1, -0.05) is 78.4 Å². The maximum Gasteiger partial charge on any atom is 0.241 e. The second kappa shape index (κ2) is 8.27. The van der Waals surface area contributed by atoms with E-state index in [1.54, 1.807) is 0 Å². The SMILES string of the molecule is Cc1cc(C)c(S(=O)(=O)N[C@H](c2ccccc2)[C@H](N)c2ccccc2)c(C)c1. The Labute approximate surface area is 167 Å². The van der Waals surface area contributed by atoms with E-state index in [2.05, 4.69) is 4.72 Å². The Morgan fingerprint density at radius 2 is 1.25 bits per heavy atom. The summed E-state index contributed by atoms with van der Waals surface area (Å²) in [5, 5.41) is 0. The Hall–Kier alpha value is -2.47. The number of sulfonamides is 1. The number of benzene rings is 3. The predicted octanol–water partition coefficient (Wildman–Crippen LogP) is 4.33. The molecule has 0 heterocycles. The molecule has 3 aromatic rings. The van der Waals surface area contributed by atoms with E-state index in [1.165, 1.54) is 0 Å². The molecule has 0 aliphatic carbocycles. The number of hydrogen-bond acceptors (Lipinski definition) is 3. The molecule has 3 N–H and O–H groups in total. The first-order valence-electron chi connectivity index (χ1n) is 9.25. The van der Waals surface area contributed by atoms with Gasteiger partial charge in [-0.25, -0.2) is 13.1 Å². The highest BCUT2D eigenvalue weighted by Crippen LogP contribution is 2.30. The summed E-state index contributed by atoms with van der Waals surface area (Å²) in [5.41, 5.74) is 10.7. The summed E-state index contributed by atoms with van der Waals surface area (Å²) in [6, 6.07) is 21.7. The number of nitrogens with two attached hydrogens (primary N) is 1. The second-order valence-corrected chi connectivity index (χ2v) is 8.82. The molecule has 0 saturated heterocycles. The fourth-order valence-electron chi connectivity index (χ4n) is 3.69. The summed E-state index contributed by atoms with van der Waals surface area (Å²) in [5.74, 6) is 0. The van der Waals surface area contributed by atoms with Crippen LogP contribution < -0.4 is 10.5 Å². The fraction of sp³-hybridized carbons (Fsp3) is 0.217. The third kappa shape index (κ3) is 4.33. The predicted molar refractivity (Wildman–Crippen MR) is 114 cm³/mol. The van der Waals surface area contributed by atoms with E-state index in [4.69, 9.17) is 5.73 Å². The van der Waals surface area contributed by atoms with Gasteiger partial charge in [-0.05, 0) is 43.0 Å². The largest absolute Gasteiger partial charge is 0.322 e. The van der Waals surface area contributed by atoms with Crippen LogP contribution in [0, 0.1) is 20.8 Å². The van der Waals surface area contributed by atoms with Gasteiger partial charge in [0.05, 0.1) is 17.0 Å². The van der Waals surface area contributed by atoms with Gasteiger partial charge in [0.25, 0.3) is 0 Å². The van der Waals surface area contributed by atoms with Crippen LogP contribution in [-0.2, 0) is 10.0 Å². The average molecular weight is 395 g/mol. The van der Waals surface area contributed by atoms with Crippen LogP contribution in [0.4, 0.5) is 0 Å². The minimum atomic E-state index is -3.77. The molecule has 2 atom stereocenters. The van der Waals surface area contributed by atoms with Crippen molar-refractivity contribution in [3.8, 4) is 0 Å². The lowest BCUT2D eigenvalue weighted by Crippen LogP contribution is -2.36. The van der Waals surface area contributed by atoms with Gasteiger partial charge in [-0.15, -0.1) is 0 Å². The van der Waals surface area contributed by atoms with Crippen LogP contribution in [0.3, 0.4) is 0 Å². The van der Waals surface area contributed by atoms with Gasteiger partial charge < -0.3 is 5.73 Å². The van der Waals surface area contributed by atoms with Crippen LogP contribution in [0.25, 0.3) is 0 Å². The Morgan fingerprint density at radius 1 is 0.786 bits per heavy atom. The Kier molecular flexibility index (Phi) is 5.98. The third-order valence-corrected chi connectivity index (χ3v) is 6.60. The topological polar surface area (TPSA) is 72.2 Å². The molecule has 0 unspecified atom stereocenters. The normalized spacial score (nSPS) is 13.9. The molecule has 0 aromatic heterocycles. The average Bonchev–Trinajstić information content (AvgIpc) is 2.66. The van der Waals surface area contributed by atoms with E-state index >= 15 is 0 Å². The molecule has 3 aromatic carbocycles. The fourth-order valence-corrected chi connectivity index (χ4v) is 5.39. The van der Waals surface area contributed by atoms with Crippen molar-refractivity contribution < 1.29 is 8.42 Å². The van der Waals surface area contributed by atoms with Crippen molar-refractivity contribution in [2.75, 3.05) is 0 Å². The van der Waals surface area contributed by atoms with Crippen LogP contribution in [0.1, 0.15) is 39.9 Å². The van der Waals surface area contributed by atoms with Crippen LogP contribution in [0.15, 0.2) is 77.7 Å². The maximum atomic E-state index is 13.3. The number of nitrogens with one attached hydrogen (secondary N) is 1. The molecule has 28 heavy (non-hydrogen) atoms. The van der Waals surface area contributed by atoms with Gasteiger partial charge in [0.2, 0.25) is 10.0 Å². The summed E-state index contributed by atoms with van der Waals surface area (Å²) in [6.45, 7) is 5.61. The van der Waals surface area contributed by atoms with E-state index in [9.17, 15) is 8.42 Å². The molecule has 146 valence electrons. The number of aryl methyl sites for hydroxylation is 3. The molecule has 0 saturated carbocycles. The highest BCUT2D eigenvalue weighted by molar-refractivity contribution is 7.89. The molecule has 0 fully saturated rings. The number of rotatable bonds is 6. The van der Waals surface area contributed by atoms with E-state index in [1.807, 2.05) is 93.6 Å². The van der Waals surface area contributed by atoms with E-state index in [0.29, 0.717) is 4.90 Å². The lowest BCUT2D eigenvalue weighted by Gasteiger charge is -2.26. The first-order chi connectivity index (χ1) is 13.3. The van der Waals surface area contributed by atoms with E-state index in [-0.39, 0.29) is 0 Å². The van der Waals surface area contributed by atoms with E-state index < -0.39 is 22.1 Å². The van der Waals surface area contributed by atoms with Crippen molar-refractivity contribution in [2.24, 2.45) is 5.73 Å². The molecule has 0 bridgehead atoms. The van der Waals surface area contributed by atoms with Crippen molar-refractivity contribution in [1.29, 1.82) is 0 Å². The molecule has 3 rings (SSSR count). The van der Waals surface area contributed by atoms with Gasteiger partial charge in [0.1, 0.15) is 0 Å². The summed E-state index contributed by atoms with van der Waals surface area (Å²) in [4.78, 5) is 0.319. The highest BCUT2D eigenvalue weighted by Gasteiger charge is 2.29. The molecular formula is C23H26N2O2S. The summed E-state index contributed by atoms with van der Waals surface area (Å²) in [6.07, 6.45) is 0. The standard InChI is InChI=1S/C23H26N2O2S/c1-16-14-17(2)23(18(3)15-16)28(26,27)25-22(20-12-8-5-9-13-20)21(24)19-10-6-4-7-11-19/h4-15,21-22,25H,24H2,1-3H3/t21-,22-/m1/s1. The molecular weight excluding hydrogens is 368 g/mol. The van der Waals surface area contributed by atoms with Gasteiger partial charge in [-0.2, -0.15) is 0 Å². The first-order valence-corrected chi connectivity index (χ1v) is 10.7. The minimum absolute atomic E-state index is 0.319. The Balaban J connectivity index is 2.05. The lowest BCUT2D eigenvalue weighted by atomic mass is 9.95. The van der Waals surface area contributed by atoms with Crippen LogP contribution in [0.5, 0.6) is 0 Å². The van der Waals surface area contributed by atoms with Gasteiger partial charge in [0, 0.05) is 0 Å². The minimum Gasteiger partial charge on any atom is -0.322 e. The van der Waals surface area contributed by atoms with Gasteiger partial charge in [0.15, 0.2) is 0 Å². The van der Waals surface area contributed by atoms with Crippen molar-refractivity contribution in [3.63, 3.8) is 0 Å².